The van der Waals surface area contributed by atoms with Gasteiger partial charge in [-0.2, -0.15) is 0 Å². The molecule has 1 aromatic heterocycles. The van der Waals surface area contributed by atoms with Crippen LogP contribution < -0.4 is 10.6 Å². The van der Waals surface area contributed by atoms with E-state index in [1.165, 1.54) is 33.6 Å². The number of nitrogens with one attached hydrogen (secondary N) is 2. The molecule has 192 valence electrons. The van der Waals surface area contributed by atoms with Crippen LogP contribution in [0.1, 0.15) is 57.8 Å². The Hall–Kier alpha value is -3.81. The molecule has 1 unspecified atom stereocenters. The predicted octanol–water partition coefficient (Wildman–Crippen LogP) is 5.81. The van der Waals surface area contributed by atoms with Crippen molar-refractivity contribution in [3.63, 3.8) is 0 Å². The molecule has 0 aliphatic heterocycles. The number of methoxy groups -OCH3 is 1. The zero-order valence-electron chi connectivity index (χ0n) is 21.4. The summed E-state index contributed by atoms with van der Waals surface area (Å²) < 4.78 is 4.97. The van der Waals surface area contributed by atoms with Crippen molar-refractivity contribution in [1.82, 2.24) is 10.3 Å². The summed E-state index contributed by atoms with van der Waals surface area (Å²) in [6.07, 6.45) is 0.768. The molecule has 0 saturated carbocycles. The maximum Gasteiger partial charge on any atom is 0.251 e. The van der Waals surface area contributed by atoms with Crippen LogP contribution in [0.4, 0.5) is 5.13 Å². The fraction of sp³-hybridized carbons (Fsp3) is 0.258. The molecule has 2 bridgehead atoms. The van der Waals surface area contributed by atoms with Crippen molar-refractivity contribution >= 4 is 28.3 Å². The van der Waals surface area contributed by atoms with Gasteiger partial charge in [0.05, 0.1) is 17.7 Å². The van der Waals surface area contributed by atoms with Gasteiger partial charge < -0.3 is 15.4 Å². The number of amides is 2. The lowest BCUT2D eigenvalue weighted by atomic mass is 9.52. The van der Waals surface area contributed by atoms with Gasteiger partial charge in [0.15, 0.2) is 5.13 Å². The van der Waals surface area contributed by atoms with Crippen LogP contribution in [0.25, 0.3) is 11.3 Å². The molecule has 6 nitrogen and oxygen atoms in total. The highest BCUT2D eigenvalue weighted by molar-refractivity contribution is 7.14. The fourth-order valence-corrected chi connectivity index (χ4v) is 6.77. The Morgan fingerprint density at radius 1 is 0.974 bits per heavy atom. The Balaban J connectivity index is 1.21. The summed E-state index contributed by atoms with van der Waals surface area (Å²) in [5.41, 5.74) is 6.84. The first-order valence-corrected chi connectivity index (χ1v) is 13.7. The summed E-state index contributed by atoms with van der Waals surface area (Å²) in [7, 11) is 1.60. The number of thiazole rings is 1. The van der Waals surface area contributed by atoms with Crippen LogP contribution >= 0.6 is 11.3 Å². The molecular formula is C31H29N3O3S. The summed E-state index contributed by atoms with van der Waals surface area (Å²) in [6, 6.07) is 24.4. The second-order valence-electron chi connectivity index (χ2n) is 10.2. The van der Waals surface area contributed by atoms with Gasteiger partial charge in [0.1, 0.15) is 0 Å². The van der Waals surface area contributed by atoms with Crippen molar-refractivity contribution < 1.29 is 14.3 Å². The van der Waals surface area contributed by atoms with E-state index in [0.717, 1.165) is 17.7 Å². The second kappa shape index (κ2) is 9.82. The van der Waals surface area contributed by atoms with E-state index < -0.39 is 5.41 Å². The summed E-state index contributed by atoms with van der Waals surface area (Å²) in [4.78, 5) is 30.8. The maximum absolute atomic E-state index is 13.9. The van der Waals surface area contributed by atoms with Gasteiger partial charge in [0.2, 0.25) is 5.91 Å². The van der Waals surface area contributed by atoms with Crippen LogP contribution in [0.3, 0.4) is 0 Å². The number of fused-ring (bicyclic) bond motifs is 1. The molecule has 0 saturated heterocycles. The fourth-order valence-electron chi connectivity index (χ4n) is 6.05. The topological polar surface area (TPSA) is 80.3 Å². The quantitative estimate of drug-likeness (QED) is 0.300. The molecule has 4 aromatic rings. The van der Waals surface area contributed by atoms with Crippen LogP contribution in [0.5, 0.6) is 0 Å². The Morgan fingerprint density at radius 2 is 1.61 bits per heavy atom. The minimum absolute atomic E-state index is 0.000448. The SMILES string of the molecule is COCCNC(=O)c1ccc(-c2csc(NC(=O)C3(C)CC4c5ccccc5C3c3ccccc34)n2)cc1. The highest BCUT2D eigenvalue weighted by Crippen LogP contribution is 2.61. The van der Waals surface area contributed by atoms with E-state index in [4.69, 9.17) is 9.72 Å². The Kier molecular flexibility index (Phi) is 6.33. The molecule has 1 atom stereocenters. The summed E-state index contributed by atoms with van der Waals surface area (Å²) >= 11 is 1.41. The van der Waals surface area contributed by atoms with E-state index in [-0.39, 0.29) is 23.7 Å². The zero-order chi connectivity index (χ0) is 26.3. The van der Waals surface area contributed by atoms with Crippen LogP contribution in [-0.4, -0.2) is 37.1 Å². The van der Waals surface area contributed by atoms with Crippen molar-refractivity contribution in [3.8, 4) is 11.3 Å². The third-order valence-corrected chi connectivity index (χ3v) is 8.67. The number of anilines is 1. The number of ether oxygens (including phenoxy) is 1. The molecule has 2 amide bonds. The number of hydrogen-bond acceptors (Lipinski definition) is 5. The lowest BCUT2D eigenvalue weighted by Crippen LogP contribution is -2.47. The highest BCUT2D eigenvalue weighted by atomic mass is 32.1. The van der Waals surface area contributed by atoms with E-state index in [2.05, 4.69) is 66.1 Å². The normalized spacial score (nSPS) is 20.9. The summed E-state index contributed by atoms with van der Waals surface area (Å²) in [5, 5.41) is 8.47. The Bertz CT molecular complexity index is 1470. The van der Waals surface area contributed by atoms with Crippen LogP contribution in [0.2, 0.25) is 0 Å². The first kappa shape index (κ1) is 24.5. The van der Waals surface area contributed by atoms with E-state index in [1.54, 1.807) is 19.2 Å². The number of nitrogens with zero attached hydrogens (tertiary/aromatic N) is 1. The monoisotopic (exact) mass is 523 g/mol. The highest BCUT2D eigenvalue weighted by Gasteiger charge is 2.53. The molecule has 7 rings (SSSR count). The van der Waals surface area contributed by atoms with Crippen LogP contribution in [0, 0.1) is 5.41 Å². The molecule has 38 heavy (non-hydrogen) atoms. The van der Waals surface area contributed by atoms with Crippen molar-refractivity contribution in [2.24, 2.45) is 5.41 Å². The van der Waals surface area contributed by atoms with Crippen LogP contribution in [0.15, 0.2) is 78.2 Å². The predicted molar refractivity (Wildman–Crippen MR) is 150 cm³/mol. The molecule has 2 N–H and O–H groups in total. The largest absolute Gasteiger partial charge is 0.383 e. The lowest BCUT2D eigenvalue weighted by Gasteiger charge is -2.50. The van der Waals surface area contributed by atoms with Crippen molar-refractivity contribution in [2.45, 2.75) is 25.2 Å². The second-order valence-corrected chi connectivity index (χ2v) is 11.0. The molecular weight excluding hydrogens is 494 g/mol. The van der Waals surface area contributed by atoms with E-state index in [0.29, 0.717) is 23.8 Å². The molecule has 1 heterocycles. The minimum Gasteiger partial charge on any atom is -0.383 e. The van der Waals surface area contributed by atoms with Gasteiger partial charge in [0, 0.05) is 42.0 Å². The van der Waals surface area contributed by atoms with Gasteiger partial charge in [-0.1, -0.05) is 60.7 Å². The number of rotatable bonds is 7. The minimum atomic E-state index is -0.586. The van der Waals surface area contributed by atoms with Gasteiger partial charge in [-0.3, -0.25) is 9.59 Å². The van der Waals surface area contributed by atoms with Gasteiger partial charge in [-0.25, -0.2) is 4.98 Å². The molecule has 0 fully saturated rings. The van der Waals surface area contributed by atoms with Gasteiger partial charge in [-0.05, 0) is 47.7 Å². The standard InChI is InChI=1S/C31H29N3O3S/c1-31(17-25-21-7-3-5-9-23(21)27(31)24-10-6-4-8-22(24)25)29(36)34-30-33-26(18-38-30)19-11-13-20(14-12-19)28(35)32-15-16-37-2/h3-14,18,25,27H,15-17H2,1-2H3,(H,32,35)(H,33,34,36). The van der Waals surface area contributed by atoms with Gasteiger partial charge >= 0.3 is 0 Å². The molecule has 3 aliphatic rings. The lowest BCUT2D eigenvalue weighted by molar-refractivity contribution is -0.126. The van der Waals surface area contributed by atoms with Gasteiger partial charge in [-0.15, -0.1) is 11.3 Å². The third-order valence-electron chi connectivity index (χ3n) is 7.91. The number of carbonyl (C=O) groups excluding carboxylic acids is 2. The first-order chi connectivity index (χ1) is 18.5. The first-order valence-electron chi connectivity index (χ1n) is 12.8. The smallest absolute Gasteiger partial charge is 0.251 e. The molecule has 0 radical (unpaired) electrons. The summed E-state index contributed by atoms with van der Waals surface area (Å²) in [5.74, 6) is 0.0700. The van der Waals surface area contributed by atoms with E-state index in [1.807, 2.05) is 17.5 Å². The average molecular weight is 524 g/mol. The van der Waals surface area contributed by atoms with Crippen molar-refractivity contribution in [1.29, 1.82) is 0 Å². The maximum atomic E-state index is 13.9. The summed E-state index contributed by atoms with van der Waals surface area (Å²) in [6.45, 7) is 3.03. The zero-order valence-corrected chi connectivity index (χ0v) is 22.2. The molecule has 0 spiro atoms. The number of hydrogen-bond donors (Lipinski definition) is 2. The molecule has 3 aromatic carbocycles. The number of benzene rings is 3. The van der Waals surface area contributed by atoms with Gasteiger partial charge in [0.25, 0.3) is 5.91 Å². The average Bonchev–Trinajstić information content (AvgIpc) is 3.42. The Morgan fingerprint density at radius 3 is 2.24 bits per heavy atom. The van der Waals surface area contributed by atoms with Crippen LogP contribution in [-0.2, 0) is 9.53 Å². The molecule has 7 heteroatoms. The van der Waals surface area contributed by atoms with E-state index >= 15 is 0 Å². The third kappa shape index (κ3) is 4.12. The Labute approximate surface area is 226 Å². The molecule has 3 aliphatic carbocycles. The van der Waals surface area contributed by atoms with Crippen molar-refractivity contribution in [3.05, 3.63) is 106 Å². The van der Waals surface area contributed by atoms with E-state index in [9.17, 15) is 9.59 Å². The number of carbonyl (C=O) groups is 2. The number of aromatic nitrogens is 1. The van der Waals surface area contributed by atoms with Crippen molar-refractivity contribution in [2.75, 3.05) is 25.6 Å².